The Kier molecular flexibility index (Phi) is 3.87. The van der Waals surface area contributed by atoms with E-state index in [9.17, 15) is 0 Å². The van der Waals surface area contributed by atoms with E-state index in [1.165, 1.54) is 38.3 Å². The fraction of sp³-hybridized carbons (Fsp3) is 0.103. The van der Waals surface area contributed by atoms with Crippen LogP contribution in [0.15, 0.2) is 109 Å². The predicted octanol–water partition coefficient (Wildman–Crippen LogP) is 8.01. The number of ether oxygens (including phenoxy) is 1. The van der Waals surface area contributed by atoms with E-state index in [0.29, 0.717) is 0 Å². The summed E-state index contributed by atoms with van der Waals surface area (Å²) < 4.78 is 5.38. The van der Waals surface area contributed by atoms with Crippen molar-refractivity contribution in [3.05, 3.63) is 131 Å². The SMILES string of the molecule is COc1ccc(C2=CC3(c4ccccc4)P(S2)C32c3ccccc3-c3ccccc32)cc1. The average molecular weight is 449 g/mol. The third-order valence-electron chi connectivity index (χ3n) is 7.17. The lowest BCUT2D eigenvalue weighted by atomic mass is 9.79. The fourth-order valence-corrected chi connectivity index (χ4v) is 13.5. The van der Waals surface area contributed by atoms with Gasteiger partial charge in [-0.05, 0) is 52.6 Å². The number of methoxy groups -OCH3 is 1. The largest absolute Gasteiger partial charge is 0.497 e. The summed E-state index contributed by atoms with van der Waals surface area (Å²) in [6, 6.07) is 37.9. The van der Waals surface area contributed by atoms with Crippen LogP contribution in [0.5, 0.6) is 5.75 Å². The van der Waals surface area contributed by atoms with Crippen molar-refractivity contribution >= 4 is 23.4 Å². The second-order valence-corrected chi connectivity index (χ2v) is 12.8. The quantitative estimate of drug-likeness (QED) is 0.294. The van der Waals surface area contributed by atoms with Gasteiger partial charge in [0.15, 0.2) is 0 Å². The molecule has 7 rings (SSSR count). The summed E-state index contributed by atoms with van der Waals surface area (Å²) in [6.07, 6.45) is 2.60. The predicted molar refractivity (Wildman–Crippen MR) is 136 cm³/mol. The van der Waals surface area contributed by atoms with Crippen LogP contribution in [-0.2, 0) is 10.3 Å². The molecule has 1 fully saturated rings. The molecule has 2 aliphatic heterocycles. The van der Waals surface area contributed by atoms with E-state index in [-0.39, 0.29) is 10.3 Å². The first-order valence-electron chi connectivity index (χ1n) is 10.9. The van der Waals surface area contributed by atoms with E-state index < -0.39 is 7.12 Å². The molecule has 4 aromatic carbocycles. The van der Waals surface area contributed by atoms with Crippen LogP contribution in [0.3, 0.4) is 0 Å². The van der Waals surface area contributed by atoms with Crippen LogP contribution < -0.4 is 4.74 Å². The summed E-state index contributed by atoms with van der Waals surface area (Å²) in [4.78, 5) is 1.40. The summed E-state index contributed by atoms with van der Waals surface area (Å²) in [6.45, 7) is 0. The van der Waals surface area contributed by atoms with Crippen LogP contribution in [0.4, 0.5) is 0 Å². The minimum atomic E-state index is -0.399. The monoisotopic (exact) mass is 448 g/mol. The summed E-state index contributed by atoms with van der Waals surface area (Å²) >= 11 is 2.11. The molecular weight excluding hydrogens is 427 g/mol. The third kappa shape index (κ3) is 2.15. The van der Waals surface area contributed by atoms with Gasteiger partial charge >= 0.3 is 0 Å². The van der Waals surface area contributed by atoms with Crippen LogP contribution in [0.1, 0.15) is 22.3 Å². The van der Waals surface area contributed by atoms with Gasteiger partial charge in [-0.2, -0.15) is 0 Å². The molecule has 2 atom stereocenters. The molecule has 0 aromatic heterocycles. The van der Waals surface area contributed by atoms with Gasteiger partial charge in [-0.1, -0.05) is 108 Å². The van der Waals surface area contributed by atoms with Gasteiger partial charge in [0.05, 0.1) is 17.4 Å². The molecule has 154 valence electrons. The van der Waals surface area contributed by atoms with E-state index in [0.717, 1.165) is 5.75 Å². The highest BCUT2D eigenvalue weighted by molar-refractivity contribution is 8.63. The molecule has 2 heterocycles. The maximum atomic E-state index is 5.38. The van der Waals surface area contributed by atoms with E-state index >= 15 is 0 Å². The standard InChI is InChI=1S/C29H21OPS/c1-30-22-17-15-20(16-18-22)27-19-28(21-9-3-2-4-10-21)29(31(28)32-27)25-13-7-5-11-23(25)24-12-6-8-14-26(24)29/h2-19H,1H3. The highest BCUT2D eigenvalue weighted by Gasteiger charge is 2.82. The summed E-state index contributed by atoms with van der Waals surface area (Å²) in [5.41, 5.74) is 8.57. The zero-order valence-electron chi connectivity index (χ0n) is 17.7. The van der Waals surface area contributed by atoms with Crippen molar-refractivity contribution < 1.29 is 4.74 Å². The number of rotatable bonds is 3. The lowest BCUT2D eigenvalue weighted by molar-refractivity contribution is 0.415. The van der Waals surface area contributed by atoms with E-state index in [1.54, 1.807) is 7.11 Å². The minimum Gasteiger partial charge on any atom is -0.497 e. The van der Waals surface area contributed by atoms with Crippen molar-refractivity contribution in [2.75, 3.05) is 7.11 Å². The van der Waals surface area contributed by atoms with Crippen molar-refractivity contribution in [2.45, 2.75) is 10.3 Å². The number of allylic oxidation sites excluding steroid dienone is 1. The molecule has 0 N–H and O–H groups in total. The number of hydrogen-bond donors (Lipinski definition) is 0. The van der Waals surface area contributed by atoms with Gasteiger partial charge in [0.2, 0.25) is 0 Å². The second-order valence-electron chi connectivity index (χ2n) is 8.56. The molecule has 1 aliphatic carbocycles. The van der Waals surface area contributed by atoms with Crippen LogP contribution in [0, 0.1) is 0 Å². The second kappa shape index (κ2) is 6.61. The Morgan fingerprint density at radius 3 is 1.91 bits per heavy atom. The van der Waals surface area contributed by atoms with Gasteiger partial charge in [-0.25, -0.2) is 0 Å². The van der Waals surface area contributed by atoms with E-state index in [4.69, 9.17) is 4.74 Å². The van der Waals surface area contributed by atoms with E-state index in [2.05, 4.69) is 121 Å². The lowest BCUT2D eigenvalue weighted by Gasteiger charge is -2.23. The van der Waals surface area contributed by atoms with E-state index in [1.807, 2.05) is 0 Å². The molecule has 2 unspecified atom stereocenters. The summed E-state index contributed by atoms with van der Waals surface area (Å²) in [5.74, 6) is 0.904. The lowest BCUT2D eigenvalue weighted by Crippen LogP contribution is -2.20. The van der Waals surface area contributed by atoms with Gasteiger partial charge in [0.1, 0.15) is 5.75 Å². The van der Waals surface area contributed by atoms with Crippen molar-refractivity contribution in [3.63, 3.8) is 0 Å². The molecular formula is C29H21OPS. The van der Waals surface area contributed by atoms with Gasteiger partial charge in [-0.15, -0.1) is 0 Å². The molecule has 0 radical (unpaired) electrons. The zero-order valence-corrected chi connectivity index (χ0v) is 19.4. The highest BCUT2D eigenvalue weighted by atomic mass is 32.7. The van der Waals surface area contributed by atoms with Crippen LogP contribution in [-0.4, -0.2) is 7.11 Å². The molecule has 0 saturated carbocycles. The molecule has 1 spiro atoms. The molecule has 1 saturated heterocycles. The van der Waals surface area contributed by atoms with Crippen LogP contribution in [0.25, 0.3) is 16.0 Å². The summed E-state index contributed by atoms with van der Waals surface area (Å²) in [5, 5.41) is 0.0732. The Hall–Kier alpha value is -2.80. The first kappa shape index (κ1) is 18.7. The highest BCUT2D eigenvalue weighted by Crippen LogP contribution is 3.05. The molecule has 0 amide bonds. The van der Waals surface area contributed by atoms with Crippen molar-refractivity contribution in [1.29, 1.82) is 0 Å². The van der Waals surface area contributed by atoms with Gasteiger partial charge < -0.3 is 4.74 Å². The molecule has 1 nitrogen and oxygen atoms in total. The van der Waals surface area contributed by atoms with Crippen molar-refractivity contribution in [2.24, 2.45) is 0 Å². The van der Waals surface area contributed by atoms with Crippen LogP contribution >= 0.6 is 18.5 Å². The third-order valence-corrected chi connectivity index (χ3v) is 13.3. The Balaban J connectivity index is 1.48. The maximum absolute atomic E-state index is 5.38. The Bertz CT molecular complexity index is 1350. The summed E-state index contributed by atoms with van der Waals surface area (Å²) in [7, 11) is 1.32. The van der Waals surface area contributed by atoms with Crippen LogP contribution in [0.2, 0.25) is 0 Å². The number of fused-ring (bicyclic) bond motifs is 8. The average Bonchev–Trinajstić information content (AvgIpc) is 3.11. The van der Waals surface area contributed by atoms with Gasteiger partial charge in [-0.3, -0.25) is 0 Å². The van der Waals surface area contributed by atoms with Crippen molar-refractivity contribution in [1.82, 2.24) is 0 Å². The number of benzene rings is 4. The normalized spacial score (nSPS) is 23.3. The fourth-order valence-electron chi connectivity index (χ4n) is 5.80. The Morgan fingerprint density at radius 2 is 1.28 bits per heavy atom. The maximum Gasteiger partial charge on any atom is 0.118 e. The first-order chi connectivity index (χ1) is 15.8. The zero-order chi connectivity index (χ0) is 21.3. The first-order valence-corrected chi connectivity index (χ1v) is 13.7. The molecule has 0 bridgehead atoms. The van der Waals surface area contributed by atoms with Gasteiger partial charge in [0.25, 0.3) is 0 Å². The molecule has 32 heavy (non-hydrogen) atoms. The molecule has 4 aromatic rings. The van der Waals surface area contributed by atoms with Gasteiger partial charge in [0, 0.05) is 4.91 Å². The topological polar surface area (TPSA) is 9.23 Å². The minimum absolute atomic E-state index is 0.0201. The Morgan fingerprint density at radius 1 is 0.688 bits per heavy atom. The molecule has 3 aliphatic rings. The number of hydrogen-bond acceptors (Lipinski definition) is 2. The smallest absolute Gasteiger partial charge is 0.118 e. The Labute approximate surface area is 193 Å². The van der Waals surface area contributed by atoms with Crippen molar-refractivity contribution in [3.8, 4) is 16.9 Å². The molecule has 3 heteroatoms.